The SMILES string of the molecule is O=Cc1cnc(N2CC3CCC(O)C3C2)nc1. The second kappa shape index (κ2) is 4.07. The van der Waals surface area contributed by atoms with Crippen molar-refractivity contribution in [1.82, 2.24) is 9.97 Å². The largest absolute Gasteiger partial charge is 0.393 e. The van der Waals surface area contributed by atoms with Gasteiger partial charge in [0.25, 0.3) is 0 Å². The molecule has 3 unspecified atom stereocenters. The van der Waals surface area contributed by atoms with E-state index in [1.165, 1.54) is 0 Å². The summed E-state index contributed by atoms with van der Waals surface area (Å²) in [6, 6.07) is 0. The molecule has 0 amide bonds. The Hall–Kier alpha value is -1.49. The monoisotopic (exact) mass is 233 g/mol. The van der Waals surface area contributed by atoms with E-state index in [1.54, 1.807) is 12.4 Å². The van der Waals surface area contributed by atoms with E-state index in [2.05, 4.69) is 14.9 Å². The predicted octanol–water partition coefficient (Wildman–Crippen LogP) is 0.496. The summed E-state index contributed by atoms with van der Waals surface area (Å²) in [5.41, 5.74) is 0.494. The smallest absolute Gasteiger partial charge is 0.225 e. The van der Waals surface area contributed by atoms with Crippen LogP contribution in [0.25, 0.3) is 0 Å². The van der Waals surface area contributed by atoms with Gasteiger partial charge in [-0.1, -0.05) is 0 Å². The van der Waals surface area contributed by atoms with Crippen LogP contribution >= 0.6 is 0 Å². The van der Waals surface area contributed by atoms with Gasteiger partial charge in [0.05, 0.1) is 11.7 Å². The van der Waals surface area contributed by atoms with Gasteiger partial charge < -0.3 is 10.0 Å². The first-order valence-electron chi connectivity index (χ1n) is 5.98. The van der Waals surface area contributed by atoms with Crippen LogP contribution in [0.2, 0.25) is 0 Å². The van der Waals surface area contributed by atoms with Crippen molar-refractivity contribution in [3.05, 3.63) is 18.0 Å². The molecule has 2 heterocycles. The van der Waals surface area contributed by atoms with E-state index in [4.69, 9.17) is 0 Å². The van der Waals surface area contributed by atoms with Crippen molar-refractivity contribution >= 4 is 12.2 Å². The van der Waals surface area contributed by atoms with Gasteiger partial charge in [0.15, 0.2) is 6.29 Å². The Morgan fingerprint density at radius 3 is 2.71 bits per heavy atom. The van der Waals surface area contributed by atoms with Crippen molar-refractivity contribution < 1.29 is 9.90 Å². The maximum Gasteiger partial charge on any atom is 0.225 e. The average molecular weight is 233 g/mol. The van der Waals surface area contributed by atoms with Crippen molar-refractivity contribution in [3.8, 4) is 0 Å². The van der Waals surface area contributed by atoms with Crippen LogP contribution in [0.15, 0.2) is 12.4 Å². The van der Waals surface area contributed by atoms with Crippen LogP contribution < -0.4 is 4.90 Å². The summed E-state index contributed by atoms with van der Waals surface area (Å²) >= 11 is 0. The zero-order valence-electron chi connectivity index (χ0n) is 9.49. The highest BCUT2D eigenvalue weighted by molar-refractivity contribution is 5.73. The lowest BCUT2D eigenvalue weighted by Gasteiger charge is -2.17. The highest BCUT2D eigenvalue weighted by Gasteiger charge is 2.42. The fourth-order valence-corrected chi connectivity index (χ4v) is 2.96. The Bertz CT molecular complexity index is 420. The lowest BCUT2D eigenvalue weighted by molar-refractivity contribution is 0.112. The summed E-state index contributed by atoms with van der Waals surface area (Å²) < 4.78 is 0. The Morgan fingerprint density at radius 1 is 1.29 bits per heavy atom. The molecule has 5 heteroatoms. The number of aliphatic hydroxyl groups is 1. The van der Waals surface area contributed by atoms with Gasteiger partial charge in [-0.3, -0.25) is 4.79 Å². The van der Waals surface area contributed by atoms with Gasteiger partial charge in [0.1, 0.15) is 0 Å². The number of fused-ring (bicyclic) bond motifs is 1. The maximum atomic E-state index is 10.5. The highest BCUT2D eigenvalue weighted by atomic mass is 16.3. The van der Waals surface area contributed by atoms with Gasteiger partial charge in [-0.2, -0.15) is 0 Å². The van der Waals surface area contributed by atoms with Crippen LogP contribution in [0.4, 0.5) is 5.95 Å². The Labute approximate surface area is 99.5 Å². The second-order valence-electron chi connectivity index (χ2n) is 4.91. The van der Waals surface area contributed by atoms with E-state index in [-0.39, 0.29) is 6.10 Å². The summed E-state index contributed by atoms with van der Waals surface area (Å²) in [5.74, 6) is 1.60. The molecular weight excluding hydrogens is 218 g/mol. The molecule has 0 spiro atoms. The molecule has 2 aliphatic rings. The number of hydrogen-bond acceptors (Lipinski definition) is 5. The van der Waals surface area contributed by atoms with Crippen LogP contribution in [-0.4, -0.2) is 40.6 Å². The Kier molecular flexibility index (Phi) is 2.55. The van der Waals surface area contributed by atoms with Crippen LogP contribution in [0, 0.1) is 11.8 Å². The Balaban J connectivity index is 1.75. The number of carbonyl (C=O) groups is 1. The minimum atomic E-state index is -0.167. The van der Waals surface area contributed by atoms with E-state index in [1.807, 2.05) is 0 Å². The van der Waals surface area contributed by atoms with Crippen LogP contribution in [0.1, 0.15) is 23.2 Å². The molecule has 1 saturated heterocycles. The fourth-order valence-electron chi connectivity index (χ4n) is 2.96. The van der Waals surface area contributed by atoms with Crippen molar-refractivity contribution in [3.63, 3.8) is 0 Å². The van der Waals surface area contributed by atoms with Crippen molar-refractivity contribution in [1.29, 1.82) is 0 Å². The number of aromatic nitrogens is 2. The minimum absolute atomic E-state index is 0.167. The molecule has 3 rings (SSSR count). The molecule has 1 saturated carbocycles. The molecule has 3 atom stereocenters. The van der Waals surface area contributed by atoms with Gasteiger partial charge in [-0.05, 0) is 18.8 Å². The summed E-state index contributed by atoms with van der Waals surface area (Å²) in [6.45, 7) is 1.74. The van der Waals surface area contributed by atoms with E-state index in [0.29, 0.717) is 23.3 Å². The molecule has 1 aliphatic carbocycles. The van der Waals surface area contributed by atoms with Crippen molar-refractivity contribution in [2.45, 2.75) is 18.9 Å². The normalized spacial score (nSPS) is 31.6. The molecule has 2 fully saturated rings. The number of nitrogens with zero attached hydrogens (tertiary/aromatic N) is 3. The van der Waals surface area contributed by atoms with Gasteiger partial charge in [0.2, 0.25) is 5.95 Å². The predicted molar refractivity (Wildman–Crippen MR) is 61.9 cm³/mol. The van der Waals surface area contributed by atoms with Crippen molar-refractivity contribution in [2.24, 2.45) is 11.8 Å². The van der Waals surface area contributed by atoms with Crippen LogP contribution in [0.3, 0.4) is 0 Å². The summed E-state index contributed by atoms with van der Waals surface area (Å²) in [5, 5.41) is 9.83. The lowest BCUT2D eigenvalue weighted by atomic mass is 10.00. The highest BCUT2D eigenvalue weighted by Crippen LogP contribution is 2.38. The number of rotatable bonds is 2. The maximum absolute atomic E-state index is 10.5. The van der Waals surface area contributed by atoms with Gasteiger partial charge in [-0.15, -0.1) is 0 Å². The number of hydrogen-bond donors (Lipinski definition) is 1. The summed E-state index contributed by atoms with van der Waals surface area (Å²) in [4.78, 5) is 21.0. The quantitative estimate of drug-likeness (QED) is 0.753. The minimum Gasteiger partial charge on any atom is -0.393 e. The number of anilines is 1. The molecule has 0 bridgehead atoms. The zero-order chi connectivity index (χ0) is 11.8. The average Bonchev–Trinajstić information content (AvgIpc) is 2.92. The van der Waals surface area contributed by atoms with Gasteiger partial charge in [0, 0.05) is 31.4 Å². The molecule has 17 heavy (non-hydrogen) atoms. The van der Waals surface area contributed by atoms with Crippen LogP contribution in [-0.2, 0) is 0 Å². The first kappa shape index (κ1) is 10.7. The molecule has 1 aliphatic heterocycles. The standard InChI is InChI=1S/C12H15N3O2/c16-7-8-3-13-12(14-4-8)15-5-9-1-2-11(17)10(9)6-15/h3-4,7,9-11,17H,1-2,5-6H2. The molecule has 5 nitrogen and oxygen atoms in total. The second-order valence-corrected chi connectivity index (χ2v) is 4.91. The van der Waals surface area contributed by atoms with E-state index in [0.717, 1.165) is 32.2 Å². The molecule has 1 N–H and O–H groups in total. The summed E-state index contributed by atoms with van der Waals surface area (Å²) in [6.07, 6.45) is 5.67. The molecule has 0 radical (unpaired) electrons. The number of aliphatic hydroxyl groups excluding tert-OH is 1. The molecule has 90 valence electrons. The van der Waals surface area contributed by atoms with E-state index >= 15 is 0 Å². The van der Waals surface area contributed by atoms with Gasteiger partial charge in [-0.25, -0.2) is 9.97 Å². The fraction of sp³-hybridized carbons (Fsp3) is 0.583. The van der Waals surface area contributed by atoms with E-state index in [9.17, 15) is 9.90 Å². The third-order valence-corrected chi connectivity index (χ3v) is 3.90. The van der Waals surface area contributed by atoms with Gasteiger partial charge >= 0.3 is 0 Å². The third-order valence-electron chi connectivity index (χ3n) is 3.90. The van der Waals surface area contributed by atoms with E-state index < -0.39 is 0 Å². The molecule has 1 aromatic rings. The van der Waals surface area contributed by atoms with Crippen LogP contribution in [0.5, 0.6) is 0 Å². The van der Waals surface area contributed by atoms with Crippen molar-refractivity contribution in [2.75, 3.05) is 18.0 Å². The molecule has 1 aromatic heterocycles. The zero-order valence-corrected chi connectivity index (χ0v) is 9.49. The number of carbonyl (C=O) groups excluding carboxylic acids is 1. The molecular formula is C12H15N3O2. The summed E-state index contributed by atoms with van der Waals surface area (Å²) in [7, 11) is 0. The topological polar surface area (TPSA) is 66.3 Å². The lowest BCUT2D eigenvalue weighted by Crippen LogP contribution is -2.25. The first-order chi connectivity index (χ1) is 8.28. The first-order valence-corrected chi connectivity index (χ1v) is 5.98. The Morgan fingerprint density at radius 2 is 2.06 bits per heavy atom. The third kappa shape index (κ3) is 1.80. The number of aldehydes is 1. The molecule has 0 aromatic carbocycles.